The second-order valence-electron chi connectivity index (χ2n) is 19.6. The summed E-state index contributed by atoms with van der Waals surface area (Å²) >= 11 is 0. The topological polar surface area (TPSA) is 108 Å². The summed E-state index contributed by atoms with van der Waals surface area (Å²) in [6.45, 7) is 13.0. The van der Waals surface area contributed by atoms with E-state index in [0.29, 0.717) is 51.9 Å². The second kappa shape index (κ2) is 19.0. The lowest BCUT2D eigenvalue weighted by molar-refractivity contribution is -0.153. The molecule has 0 atom stereocenters. The summed E-state index contributed by atoms with van der Waals surface area (Å²) in [4.78, 5) is 59.2. The molecule has 0 unspecified atom stereocenters. The molecule has 336 valence electrons. The third kappa shape index (κ3) is 10.3. The number of hydrogen-bond donors (Lipinski definition) is 1. The second-order valence-corrected chi connectivity index (χ2v) is 19.6. The molecule has 7 rings (SSSR count). The van der Waals surface area contributed by atoms with Crippen molar-refractivity contribution in [1.82, 2.24) is 20.0 Å². The fourth-order valence-electron chi connectivity index (χ4n) is 9.47. The van der Waals surface area contributed by atoms with Gasteiger partial charge in [-0.05, 0) is 133 Å². The van der Waals surface area contributed by atoms with Crippen LogP contribution in [-0.2, 0) is 50.0 Å². The van der Waals surface area contributed by atoms with Crippen molar-refractivity contribution in [2.75, 3.05) is 27.7 Å². The maximum atomic E-state index is 14.2. The summed E-state index contributed by atoms with van der Waals surface area (Å²) in [5, 5.41) is 11.8. The summed E-state index contributed by atoms with van der Waals surface area (Å²) in [5.41, 5.74) is 3.14. The molecule has 0 radical (unpaired) electrons. The Hall–Kier alpha value is -6.00. The lowest BCUT2D eigenvalue weighted by Crippen LogP contribution is -2.38. The van der Waals surface area contributed by atoms with Gasteiger partial charge in [0, 0.05) is 59.2 Å². The van der Waals surface area contributed by atoms with Gasteiger partial charge in [0.05, 0.1) is 6.54 Å². The van der Waals surface area contributed by atoms with E-state index in [1.165, 1.54) is 0 Å². The Bertz CT molecular complexity index is 2590. The van der Waals surface area contributed by atoms with E-state index in [2.05, 4.69) is 53.8 Å². The molecule has 0 aliphatic heterocycles. The van der Waals surface area contributed by atoms with Gasteiger partial charge in [-0.25, -0.2) is 4.79 Å². The maximum Gasteiger partial charge on any atom is 0.410 e. The molecule has 1 N–H and O–H groups in total. The molecule has 6 aromatic rings. The van der Waals surface area contributed by atoms with Crippen LogP contribution < -0.4 is 5.32 Å². The van der Waals surface area contributed by atoms with E-state index >= 15 is 0 Å². The van der Waals surface area contributed by atoms with E-state index < -0.39 is 11.2 Å². The molecule has 1 aliphatic rings. The molecule has 0 heterocycles. The molecule has 10 nitrogen and oxygen atoms in total. The van der Waals surface area contributed by atoms with Crippen molar-refractivity contribution < 1.29 is 28.7 Å². The van der Waals surface area contributed by atoms with E-state index in [-0.39, 0.29) is 42.3 Å². The van der Waals surface area contributed by atoms with Crippen LogP contribution in [0, 0.1) is 11.8 Å². The van der Waals surface area contributed by atoms with Gasteiger partial charge in [0.25, 0.3) is 0 Å². The molecule has 0 bridgehead atoms. The molecule has 1 aliphatic carbocycles. The Morgan fingerprint density at radius 3 is 1.09 bits per heavy atom. The Labute approximate surface area is 377 Å². The first kappa shape index (κ1) is 46.0. The number of carbonyl (C=O) groups is 4. The predicted molar refractivity (Wildman–Crippen MR) is 257 cm³/mol. The highest BCUT2D eigenvalue weighted by Gasteiger charge is 2.33. The molecule has 1 saturated carbocycles. The van der Waals surface area contributed by atoms with Crippen LogP contribution in [0.25, 0.3) is 43.1 Å². The number of ether oxygens (including phenoxy) is 2. The van der Waals surface area contributed by atoms with Crippen LogP contribution in [0.4, 0.5) is 4.79 Å². The first-order valence-electron chi connectivity index (χ1n) is 22.6. The summed E-state index contributed by atoms with van der Waals surface area (Å²) in [7, 11) is 5.54. The molecule has 64 heavy (non-hydrogen) atoms. The minimum atomic E-state index is -0.603. The third-order valence-corrected chi connectivity index (χ3v) is 12.4. The highest BCUT2D eigenvalue weighted by Crippen LogP contribution is 2.38. The maximum absolute atomic E-state index is 14.2. The van der Waals surface area contributed by atoms with Crippen molar-refractivity contribution in [1.29, 1.82) is 0 Å². The molecule has 0 spiro atoms. The molecule has 0 saturated heterocycles. The van der Waals surface area contributed by atoms with E-state index in [1.807, 2.05) is 114 Å². The number of esters is 1. The highest BCUT2D eigenvalue weighted by atomic mass is 16.6. The standard InChI is InChI=1S/C54H64N4O6/c1-53(2,3)63-49(59)31-55-30-45-37-18-10-12-20-39(37)46(40-21-13-11-19-38(40)45)32-56(7)50(60)35-26-28-36(29-27-35)51(61)57(8)33-47-41-22-14-16-24-43(41)48(44-25-17-15-23-42(44)47)34-58(9)52(62)64-54(4,5)6/h10-25,35-36,55H,26-34H2,1-9H3. The number of nitrogens with zero attached hydrogens (tertiary/aromatic N) is 3. The molecule has 3 amide bonds. The quantitative estimate of drug-likeness (QED) is 0.0964. The van der Waals surface area contributed by atoms with Crippen molar-refractivity contribution in [3.05, 3.63) is 119 Å². The van der Waals surface area contributed by atoms with Gasteiger partial charge < -0.3 is 29.5 Å². The number of benzene rings is 6. The average Bonchev–Trinajstić information content (AvgIpc) is 3.26. The van der Waals surface area contributed by atoms with Gasteiger partial charge in [-0.15, -0.1) is 0 Å². The Balaban J connectivity index is 1.03. The van der Waals surface area contributed by atoms with Gasteiger partial charge in [-0.2, -0.15) is 0 Å². The number of amides is 3. The normalized spacial score (nSPS) is 15.6. The molecule has 0 aromatic heterocycles. The largest absolute Gasteiger partial charge is 0.459 e. The fraction of sp³-hybridized carbons (Fsp3) is 0.407. The van der Waals surface area contributed by atoms with Gasteiger partial charge in [0.15, 0.2) is 0 Å². The zero-order valence-electron chi connectivity index (χ0n) is 39.0. The van der Waals surface area contributed by atoms with Gasteiger partial charge in [0.2, 0.25) is 11.8 Å². The van der Waals surface area contributed by atoms with Crippen molar-refractivity contribution >= 4 is 67.0 Å². The van der Waals surface area contributed by atoms with Crippen molar-refractivity contribution in [3.63, 3.8) is 0 Å². The van der Waals surface area contributed by atoms with Crippen LogP contribution in [0.5, 0.6) is 0 Å². The summed E-state index contributed by atoms with van der Waals surface area (Å²) in [6, 6.07) is 33.0. The van der Waals surface area contributed by atoms with Crippen LogP contribution in [0.2, 0.25) is 0 Å². The summed E-state index contributed by atoms with van der Waals surface area (Å²) < 4.78 is 11.2. The first-order chi connectivity index (χ1) is 30.4. The predicted octanol–water partition coefficient (Wildman–Crippen LogP) is 10.5. The Morgan fingerprint density at radius 1 is 0.484 bits per heavy atom. The van der Waals surface area contributed by atoms with E-state index in [4.69, 9.17) is 9.47 Å². The van der Waals surface area contributed by atoms with Crippen LogP contribution in [0.3, 0.4) is 0 Å². The van der Waals surface area contributed by atoms with Gasteiger partial charge in [-0.1, -0.05) is 97.1 Å². The SMILES string of the molecule is CN(Cc1c2ccccc2c(CN(C)C(=O)C2CCC(C(=O)N(C)Cc3c4ccccc4c(CNCC(=O)OC(C)(C)C)c4ccccc34)CC2)c2ccccc12)C(=O)OC(C)(C)C. The number of fused-ring (bicyclic) bond motifs is 4. The number of nitrogens with one attached hydrogen (secondary N) is 1. The molecular formula is C54H64N4O6. The van der Waals surface area contributed by atoms with Gasteiger partial charge in [0.1, 0.15) is 11.2 Å². The van der Waals surface area contributed by atoms with E-state index in [1.54, 1.807) is 11.9 Å². The Morgan fingerprint density at radius 2 is 0.781 bits per heavy atom. The summed E-state index contributed by atoms with van der Waals surface area (Å²) in [6.07, 6.45) is 2.24. The van der Waals surface area contributed by atoms with Gasteiger partial charge in [-0.3, -0.25) is 14.4 Å². The molecule has 10 heteroatoms. The van der Waals surface area contributed by atoms with Crippen LogP contribution >= 0.6 is 0 Å². The Kier molecular flexibility index (Phi) is 13.7. The number of hydrogen-bond acceptors (Lipinski definition) is 7. The van der Waals surface area contributed by atoms with Crippen LogP contribution in [0.15, 0.2) is 97.1 Å². The van der Waals surface area contributed by atoms with Crippen molar-refractivity contribution in [3.8, 4) is 0 Å². The minimum absolute atomic E-state index is 0.0970. The van der Waals surface area contributed by atoms with Crippen LogP contribution in [0.1, 0.15) is 89.5 Å². The lowest BCUT2D eigenvalue weighted by Gasteiger charge is -2.32. The number of rotatable bonds is 12. The molecule has 1 fully saturated rings. The summed E-state index contributed by atoms with van der Waals surface area (Å²) in [5.74, 6) is -0.420. The third-order valence-electron chi connectivity index (χ3n) is 12.4. The van der Waals surface area contributed by atoms with Crippen molar-refractivity contribution in [2.45, 2.75) is 105 Å². The molecule has 6 aromatic carbocycles. The average molecular weight is 865 g/mol. The number of carbonyl (C=O) groups excluding carboxylic acids is 4. The minimum Gasteiger partial charge on any atom is -0.459 e. The zero-order valence-corrected chi connectivity index (χ0v) is 39.0. The monoisotopic (exact) mass is 864 g/mol. The smallest absolute Gasteiger partial charge is 0.410 e. The van der Waals surface area contributed by atoms with Gasteiger partial charge >= 0.3 is 12.1 Å². The van der Waals surface area contributed by atoms with Crippen LogP contribution in [-0.4, -0.2) is 77.5 Å². The highest BCUT2D eigenvalue weighted by molar-refractivity contribution is 6.07. The molecular weight excluding hydrogens is 801 g/mol. The first-order valence-corrected chi connectivity index (χ1v) is 22.6. The lowest BCUT2D eigenvalue weighted by atomic mass is 9.80. The fourth-order valence-corrected chi connectivity index (χ4v) is 9.47. The zero-order chi connectivity index (χ0) is 45.9. The van der Waals surface area contributed by atoms with E-state index in [0.717, 1.165) is 65.3 Å². The van der Waals surface area contributed by atoms with E-state index in [9.17, 15) is 19.2 Å². The van der Waals surface area contributed by atoms with Crippen molar-refractivity contribution in [2.24, 2.45) is 11.8 Å².